The second kappa shape index (κ2) is 5.12. The number of hydrogen-bond donors (Lipinski definition) is 1. The Bertz CT molecular complexity index is 561. The van der Waals surface area contributed by atoms with E-state index in [9.17, 15) is 4.79 Å². The maximum absolute atomic E-state index is 12.3. The van der Waals surface area contributed by atoms with E-state index in [-0.39, 0.29) is 11.9 Å². The molecule has 6 heteroatoms. The van der Waals surface area contributed by atoms with E-state index in [1.54, 1.807) is 18.1 Å². The van der Waals surface area contributed by atoms with Crippen molar-refractivity contribution in [3.05, 3.63) is 28.2 Å². The van der Waals surface area contributed by atoms with Gasteiger partial charge in [-0.2, -0.15) is 5.10 Å². The largest absolute Gasteiger partial charge is 0.339 e. The van der Waals surface area contributed by atoms with Gasteiger partial charge in [-0.1, -0.05) is 11.6 Å². The van der Waals surface area contributed by atoms with E-state index in [0.29, 0.717) is 9.90 Å². The molecule has 2 aromatic rings. The molecule has 0 aliphatic heterocycles. The number of amides is 1. The van der Waals surface area contributed by atoms with Crippen molar-refractivity contribution in [2.45, 2.75) is 19.9 Å². The molecule has 4 nitrogen and oxygen atoms in total. The summed E-state index contributed by atoms with van der Waals surface area (Å²) in [6.45, 7) is 3.94. The standard InChI is InChI=1S/C12H14ClN3OS/c1-7(2)16(3)12(17)8-6-14-15-11(8)9-4-5-10(13)18-9/h4-7H,1-3H3,(H,14,15). The third-order valence-electron chi connectivity index (χ3n) is 2.78. The van der Waals surface area contributed by atoms with Gasteiger partial charge in [0, 0.05) is 13.1 Å². The lowest BCUT2D eigenvalue weighted by atomic mass is 10.2. The Labute approximate surface area is 115 Å². The van der Waals surface area contributed by atoms with E-state index in [0.717, 1.165) is 10.6 Å². The number of aromatic nitrogens is 2. The van der Waals surface area contributed by atoms with Crippen LogP contribution in [0.25, 0.3) is 10.6 Å². The molecule has 18 heavy (non-hydrogen) atoms. The quantitative estimate of drug-likeness (QED) is 0.940. The molecule has 0 atom stereocenters. The molecule has 1 N–H and O–H groups in total. The highest BCUT2D eigenvalue weighted by Crippen LogP contribution is 2.32. The highest BCUT2D eigenvalue weighted by atomic mass is 35.5. The van der Waals surface area contributed by atoms with Gasteiger partial charge in [-0.25, -0.2) is 0 Å². The van der Waals surface area contributed by atoms with Gasteiger partial charge >= 0.3 is 0 Å². The Hall–Kier alpha value is -1.33. The number of rotatable bonds is 3. The average Bonchev–Trinajstić information content (AvgIpc) is 2.94. The molecule has 0 saturated heterocycles. The number of thiophene rings is 1. The number of nitrogens with zero attached hydrogens (tertiary/aromatic N) is 2. The van der Waals surface area contributed by atoms with E-state index >= 15 is 0 Å². The summed E-state index contributed by atoms with van der Waals surface area (Å²) in [4.78, 5) is 14.9. The molecule has 0 aliphatic carbocycles. The zero-order valence-electron chi connectivity index (χ0n) is 10.4. The molecule has 2 aromatic heterocycles. The van der Waals surface area contributed by atoms with Gasteiger partial charge < -0.3 is 4.90 Å². The van der Waals surface area contributed by atoms with Gasteiger partial charge in [-0.15, -0.1) is 11.3 Å². The van der Waals surface area contributed by atoms with Crippen molar-refractivity contribution in [3.8, 4) is 10.6 Å². The molecule has 0 bridgehead atoms. The Morgan fingerprint density at radius 1 is 1.50 bits per heavy atom. The minimum atomic E-state index is -0.0433. The highest BCUT2D eigenvalue weighted by molar-refractivity contribution is 7.19. The molecule has 1 amide bonds. The Balaban J connectivity index is 2.36. The smallest absolute Gasteiger partial charge is 0.257 e. The number of carbonyl (C=O) groups is 1. The van der Waals surface area contributed by atoms with Crippen LogP contribution in [-0.4, -0.2) is 34.1 Å². The number of carbonyl (C=O) groups excluding carboxylic acids is 1. The van der Waals surface area contributed by atoms with Crippen LogP contribution >= 0.6 is 22.9 Å². The number of aromatic amines is 1. The lowest BCUT2D eigenvalue weighted by molar-refractivity contribution is 0.0756. The normalized spacial score (nSPS) is 10.9. The molecule has 0 unspecified atom stereocenters. The predicted octanol–water partition coefficient (Wildman–Crippen LogP) is 3.27. The summed E-state index contributed by atoms with van der Waals surface area (Å²) >= 11 is 7.33. The van der Waals surface area contributed by atoms with Crippen molar-refractivity contribution in [1.82, 2.24) is 15.1 Å². The summed E-state index contributed by atoms with van der Waals surface area (Å²) in [7, 11) is 1.78. The summed E-state index contributed by atoms with van der Waals surface area (Å²) in [6, 6.07) is 3.84. The molecule has 0 aliphatic rings. The topological polar surface area (TPSA) is 49.0 Å². The van der Waals surface area contributed by atoms with Crippen LogP contribution in [0.5, 0.6) is 0 Å². The van der Waals surface area contributed by atoms with E-state index in [1.807, 2.05) is 26.0 Å². The predicted molar refractivity (Wildman–Crippen MR) is 74.1 cm³/mol. The van der Waals surface area contributed by atoms with E-state index < -0.39 is 0 Å². The first kappa shape index (κ1) is 13.1. The summed E-state index contributed by atoms with van der Waals surface area (Å²) in [5.41, 5.74) is 1.30. The number of H-pyrrole nitrogens is 1. The number of halogens is 1. The van der Waals surface area contributed by atoms with Crippen molar-refractivity contribution in [2.75, 3.05) is 7.05 Å². The van der Waals surface area contributed by atoms with Gasteiger partial charge in [0.15, 0.2) is 0 Å². The fourth-order valence-corrected chi connectivity index (χ4v) is 2.56. The molecule has 0 fully saturated rings. The zero-order valence-corrected chi connectivity index (χ0v) is 12.0. The SMILES string of the molecule is CC(C)N(C)C(=O)c1cn[nH]c1-c1ccc(Cl)s1. The van der Waals surface area contributed by atoms with Crippen LogP contribution in [0.2, 0.25) is 4.34 Å². The average molecular weight is 284 g/mol. The highest BCUT2D eigenvalue weighted by Gasteiger charge is 2.21. The maximum atomic E-state index is 12.3. The molecular formula is C12H14ClN3OS. The molecule has 0 saturated carbocycles. The van der Waals surface area contributed by atoms with Gasteiger partial charge in [0.05, 0.1) is 26.7 Å². The fraction of sp³-hybridized carbons (Fsp3) is 0.333. The van der Waals surface area contributed by atoms with Gasteiger partial charge in [-0.05, 0) is 26.0 Å². The van der Waals surface area contributed by atoms with Crippen molar-refractivity contribution >= 4 is 28.8 Å². The first-order valence-corrected chi connectivity index (χ1v) is 6.76. The molecule has 0 radical (unpaired) electrons. The summed E-state index contributed by atoms with van der Waals surface area (Å²) < 4.78 is 0.690. The fourth-order valence-electron chi connectivity index (χ4n) is 1.51. The molecule has 2 heterocycles. The third-order valence-corrected chi connectivity index (χ3v) is 4.03. The van der Waals surface area contributed by atoms with Crippen LogP contribution in [0.4, 0.5) is 0 Å². The Morgan fingerprint density at radius 3 is 2.78 bits per heavy atom. The van der Waals surface area contributed by atoms with Crippen LogP contribution < -0.4 is 0 Å². The van der Waals surface area contributed by atoms with Crippen molar-refractivity contribution in [3.63, 3.8) is 0 Å². The Morgan fingerprint density at radius 2 is 2.22 bits per heavy atom. The second-order valence-electron chi connectivity index (χ2n) is 4.27. The first-order chi connectivity index (χ1) is 8.50. The van der Waals surface area contributed by atoms with Gasteiger partial charge in [0.2, 0.25) is 0 Å². The lowest BCUT2D eigenvalue weighted by Crippen LogP contribution is -2.33. The minimum absolute atomic E-state index is 0.0433. The monoisotopic (exact) mass is 283 g/mol. The molecule has 0 spiro atoms. The summed E-state index contributed by atoms with van der Waals surface area (Å²) in [6.07, 6.45) is 1.56. The maximum Gasteiger partial charge on any atom is 0.257 e. The van der Waals surface area contributed by atoms with Crippen LogP contribution in [0.15, 0.2) is 18.3 Å². The second-order valence-corrected chi connectivity index (χ2v) is 5.99. The minimum Gasteiger partial charge on any atom is -0.339 e. The lowest BCUT2D eigenvalue weighted by Gasteiger charge is -2.21. The molecule has 2 rings (SSSR count). The van der Waals surface area contributed by atoms with Gasteiger partial charge in [-0.3, -0.25) is 9.89 Å². The van der Waals surface area contributed by atoms with E-state index in [2.05, 4.69) is 10.2 Å². The van der Waals surface area contributed by atoms with Gasteiger partial charge in [0.1, 0.15) is 0 Å². The van der Waals surface area contributed by atoms with Gasteiger partial charge in [0.25, 0.3) is 5.91 Å². The van der Waals surface area contributed by atoms with Crippen molar-refractivity contribution in [2.24, 2.45) is 0 Å². The van der Waals surface area contributed by atoms with Crippen molar-refractivity contribution < 1.29 is 4.79 Å². The Kier molecular flexibility index (Phi) is 3.73. The first-order valence-electron chi connectivity index (χ1n) is 5.57. The third kappa shape index (κ3) is 2.42. The molecule has 0 aromatic carbocycles. The summed E-state index contributed by atoms with van der Waals surface area (Å²) in [5.74, 6) is -0.0433. The van der Waals surface area contributed by atoms with E-state index in [4.69, 9.17) is 11.6 Å². The number of hydrogen-bond acceptors (Lipinski definition) is 3. The zero-order chi connectivity index (χ0) is 13.3. The van der Waals surface area contributed by atoms with E-state index in [1.165, 1.54) is 11.3 Å². The summed E-state index contributed by atoms with van der Waals surface area (Å²) in [5, 5.41) is 6.83. The van der Waals surface area contributed by atoms with Crippen LogP contribution in [-0.2, 0) is 0 Å². The molecule has 96 valence electrons. The van der Waals surface area contributed by atoms with Crippen LogP contribution in [0, 0.1) is 0 Å². The number of nitrogens with one attached hydrogen (secondary N) is 1. The molecular weight excluding hydrogens is 270 g/mol. The van der Waals surface area contributed by atoms with Crippen LogP contribution in [0.1, 0.15) is 24.2 Å². The van der Waals surface area contributed by atoms with Crippen LogP contribution in [0.3, 0.4) is 0 Å². The van der Waals surface area contributed by atoms with Crippen molar-refractivity contribution in [1.29, 1.82) is 0 Å².